The lowest BCUT2D eigenvalue weighted by Gasteiger charge is -2.29. The summed E-state index contributed by atoms with van der Waals surface area (Å²) in [5, 5.41) is 10.3. The minimum absolute atomic E-state index is 0.100. The topological polar surface area (TPSA) is 45.5 Å². The van der Waals surface area contributed by atoms with Crippen molar-refractivity contribution in [3.05, 3.63) is 27.7 Å². The molecule has 4 heteroatoms. The lowest BCUT2D eigenvalue weighted by Crippen LogP contribution is -2.33. The van der Waals surface area contributed by atoms with E-state index in [-0.39, 0.29) is 17.2 Å². The third-order valence-corrected chi connectivity index (χ3v) is 3.65. The number of aromatic nitrogens is 1. The standard InChI is InChI=1S/C18H32N2O2/c1-12(2)9-19(10-13(3)4)11-16-18(22)17(21)8-15(7)20(16)14(5)6/h8,12-14,22H,9-11H2,1-7H3. The normalized spacial score (nSPS) is 12.1. The maximum absolute atomic E-state index is 12.0. The van der Waals surface area contributed by atoms with Crippen LogP contribution in [-0.4, -0.2) is 27.7 Å². The number of hydrogen-bond donors (Lipinski definition) is 1. The molecule has 1 heterocycles. The van der Waals surface area contributed by atoms with Crippen molar-refractivity contribution in [3.8, 4) is 5.75 Å². The van der Waals surface area contributed by atoms with E-state index in [9.17, 15) is 9.90 Å². The largest absolute Gasteiger partial charge is 0.503 e. The molecule has 1 rings (SSSR count). The first-order valence-corrected chi connectivity index (χ1v) is 8.29. The average Bonchev–Trinajstić information content (AvgIpc) is 2.33. The molecule has 0 amide bonds. The first-order valence-electron chi connectivity index (χ1n) is 8.29. The maximum atomic E-state index is 12.0. The molecule has 0 bridgehead atoms. The lowest BCUT2D eigenvalue weighted by atomic mass is 10.1. The zero-order chi connectivity index (χ0) is 17.0. The van der Waals surface area contributed by atoms with Crippen molar-refractivity contribution in [2.24, 2.45) is 11.8 Å². The van der Waals surface area contributed by atoms with Crippen LogP contribution in [0.1, 0.15) is 59.0 Å². The fraction of sp³-hybridized carbons (Fsp3) is 0.722. The van der Waals surface area contributed by atoms with E-state index in [4.69, 9.17) is 0 Å². The smallest absolute Gasteiger partial charge is 0.223 e. The summed E-state index contributed by atoms with van der Waals surface area (Å²) in [4.78, 5) is 14.3. The molecule has 0 fully saturated rings. The van der Waals surface area contributed by atoms with Crippen LogP contribution in [0.5, 0.6) is 5.75 Å². The van der Waals surface area contributed by atoms with Gasteiger partial charge in [-0.1, -0.05) is 27.7 Å². The quantitative estimate of drug-likeness (QED) is 0.838. The fourth-order valence-corrected chi connectivity index (χ4v) is 3.12. The van der Waals surface area contributed by atoms with Crippen molar-refractivity contribution in [3.63, 3.8) is 0 Å². The molecule has 0 saturated heterocycles. The SMILES string of the molecule is Cc1cc(=O)c(O)c(CN(CC(C)C)CC(C)C)n1C(C)C. The van der Waals surface area contributed by atoms with Gasteiger partial charge < -0.3 is 9.67 Å². The molecule has 0 aliphatic heterocycles. The van der Waals surface area contributed by atoms with E-state index in [1.54, 1.807) is 0 Å². The van der Waals surface area contributed by atoms with E-state index < -0.39 is 0 Å². The van der Waals surface area contributed by atoms with Crippen molar-refractivity contribution >= 4 is 0 Å². The molecule has 0 unspecified atom stereocenters. The van der Waals surface area contributed by atoms with Crippen LogP contribution in [0.3, 0.4) is 0 Å². The Hall–Kier alpha value is -1.29. The highest BCUT2D eigenvalue weighted by atomic mass is 16.3. The molecule has 4 nitrogen and oxygen atoms in total. The zero-order valence-corrected chi connectivity index (χ0v) is 15.2. The molecule has 126 valence electrons. The summed E-state index contributed by atoms with van der Waals surface area (Å²) in [6.45, 7) is 17.4. The van der Waals surface area contributed by atoms with Crippen LogP contribution in [0, 0.1) is 18.8 Å². The van der Waals surface area contributed by atoms with Crippen LogP contribution in [-0.2, 0) is 6.54 Å². The predicted octanol–water partition coefficient (Wildman–Crippen LogP) is 3.56. The summed E-state index contributed by atoms with van der Waals surface area (Å²) in [5.74, 6) is 0.992. The molecule has 0 saturated carbocycles. The van der Waals surface area contributed by atoms with Crippen LogP contribution >= 0.6 is 0 Å². The Bertz CT molecular complexity index is 535. The molecule has 0 spiro atoms. The second-order valence-corrected chi connectivity index (χ2v) is 7.39. The van der Waals surface area contributed by atoms with Gasteiger partial charge in [0.2, 0.25) is 5.43 Å². The second-order valence-electron chi connectivity index (χ2n) is 7.39. The second kappa shape index (κ2) is 7.82. The summed E-state index contributed by atoms with van der Waals surface area (Å²) in [6, 6.07) is 1.73. The monoisotopic (exact) mass is 308 g/mol. The Labute approximate surface area is 134 Å². The third kappa shape index (κ3) is 4.87. The predicted molar refractivity (Wildman–Crippen MR) is 92.4 cm³/mol. The van der Waals surface area contributed by atoms with Gasteiger partial charge in [-0.15, -0.1) is 0 Å². The lowest BCUT2D eigenvalue weighted by molar-refractivity contribution is 0.202. The highest BCUT2D eigenvalue weighted by molar-refractivity contribution is 5.30. The molecule has 0 radical (unpaired) electrons. The van der Waals surface area contributed by atoms with Gasteiger partial charge in [0.15, 0.2) is 5.75 Å². The molecular formula is C18H32N2O2. The number of rotatable bonds is 7. The molecule has 1 aromatic rings. The van der Waals surface area contributed by atoms with Gasteiger partial charge in [-0.2, -0.15) is 0 Å². The number of aryl methyl sites for hydroxylation is 1. The summed E-state index contributed by atoms with van der Waals surface area (Å²) in [6.07, 6.45) is 0. The molecule has 1 N–H and O–H groups in total. The summed E-state index contributed by atoms with van der Waals surface area (Å²) in [7, 11) is 0. The van der Waals surface area contributed by atoms with Crippen LogP contribution in [0.15, 0.2) is 10.9 Å². The molecule has 22 heavy (non-hydrogen) atoms. The van der Waals surface area contributed by atoms with Crippen LogP contribution in [0.4, 0.5) is 0 Å². The van der Waals surface area contributed by atoms with Crippen molar-refractivity contribution in [1.29, 1.82) is 0 Å². The summed E-state index contributed by atoms with van der Waals surface area (Å²) in [5.41, 5.74) is 1.36. The third-order valence-electron chi connectivity index (χ3n) is 3.65. The maximum Gasteiger partial charge on any atom is 0.223 e. The average molecular weight is 308 g/mol. The number of hydrogen-bond acceptors (Lipinski definition) is 3. The number of nitrogens with zero attached hydrogens (tertiary/aromatic N) is 2. The van der Waals surface area contributed by atoms with Crippen molar-refractivity contribution in [1.82, 2.24) is 9.47 Å². The van der Waals surface area contributed by atoms with Crippen LogP contribution < -0.4 is 5.43 Å². The highest BCUT2D eigenvalue weighted by Crippen LogP contribution is 2.22. The van der Waals surface area contributed by atoms with Crippen molar-refractivity contribution in [2.75, 3.05) is 13.1 Å². The van der Waals surface area contributed by atoms with Gasteiger partial charge in [0.1, 0.15) is 0 Å². The Morgan fingerprint density at radius 3 is 2.00 bits per heavy atom. The number of pyridine rings is 1. The van der Waals surface area contributed by atoms with Gasteiger partial charge in [0, 0.05) is 37.4 Å². The van der Waals surface area contributed by atoms with Gasteiger partial charge in [0.25, 0.3) is 0 Å². The highest BCUT2D eigenvalue weighted by Gasteiger charge is 2.19. The van der Waals surface area contributed by atoms with Crippen LogP contribution in [0.2, 0.25) is 0 Å². The molecule has 0 atom stereocenters. The van der Waals surface area contributed by atoms with Crippen molar-refractivity contribution in [2.45, 2.75) is 61.1 Å². The van der Waals surface area contributed by atoms with E-state index in [2.05, 4.69) is 51.0 Å². The Balaban J connectivity index is 3.25. The van der Waals surface area contributed by atoms with E-state index in [1.165, 1.54) is 6.07 Å². The van der Waals surface area contributed by atoms with E-state index >= 15 is 0 Å². The fourth-order valence-electron chi connectivity index (χ4n) is 3.12. The molecule has 0 aromatic carbocycles. The molecule has 0 aliphatic rings. The summed E-state index contributed by atoms with van der Waals surface area (Å²) >= 11 is 0. The molecular weight excluding hydrogens is 276 g/mol. The Morgan fingerprint density at radius 2 is 1.59 bits per heavy atom. The molecule has 0 aliphatic carbocycles. The number of aromatic hydroxyl groups is 1. The van der Waals surface area contributed by atoms with Crippen molar-refractivity contribution < 1.29 is 5.11 Å². The minimum atomic E-state index is -0.279. The van der Waals surface area contributed by atoms with E-state index in [1.807, 2.05) is 6.92 Å². The van der Waals surface area contributed by atoms with E-state index in [0.29, 0.717) is 18.4 Å². The van der Waals surface area contributed by atoms with E-state index in [0.717, 1.165) is 24.5 Å². The van der Waals surface area contributed by atoms with Gasteiger partial charge >= 0.3 is 0 Å². The van der Waals surface area contributed by atoms with Gasteiger partial charge in [0.05, 0.1) is 5.69 Å². The Kier molecular flexibility index (Phi) is 6.66. The minimum Gasteiger partial charge on any atom is -0.503 e. The summed E-state index contributed by atoms with van der Waals surface area (Å²) < 4.78 is 2.07. The first kappa shape index (κ1) is 18.8. The van der Waals surface area contributed by atoms with Gasteiger partial charge in [-0.25, -0.2) is 0 Å². The van der Waals surface area contributed by atoms with Gasteiger partial charge in [-0.05, 0) is 32.6 Å². The zero-order valence-electron chi connectivity index (χ0n) is 15.2. The van der Waals surface area contributed by atoms with Gasteiger partial charge in [-0.3, -0.25) is 9.69 Å². The molecule has 1 aromatic heterocycles. The van der Waals surface area contributed by atoms with Crippen LogP contribution in [0.25, 0.3) is 0 Å². The Morgan fingerprint density at radius 1 is 1.09 bits per heavy atom. The first-order chi connectivity index (χ1) is 10.1.